The van der Waals surface area contributed by atoms with E-state index in [1.807, 2.05) is 12.1 Å². The standard InChI is InChI=1S/C16H24ClNO/c17-16-8-4-3-7-15(16)13-11-14(12-13)18-9-5-1-2-6-10-19/h3-4,7-8,13-14,18-19H,1-2,5-6,9-12H2. The summed E-state index contributed by atoms with van der Waals surface area (Å²) >= 11 is 6.21. The Morgan fingerprint density at radius 1 is 1.11 bits per heavy atom. The Morgan fingerprint density at radius 2 is 1.84 bits per heavy atom. The van der Waals surface area contributed by atoms with E-state index in [9.17, 15) is 0 Å². The molecule has 2 nitrogen and oxygen atoms in total. The number of nitrogens with one attached hydrogen (secondary N) is 1. The zero-order chi connectivity index (χ0) is 13.5. The first-order chi connectivity index (χ1) is 9.31. The van der Waals surface area contributed by atoms with Crippen molar-refractivity contribution in [3.63, 3.8) is 0 Å². The van der Waals surface area contributed by atoms with Crippen LogP contribution in [0.1, 0.15) is 50.0 Å². The number of hydrogen-bond acceptors (Lipinski definition) is 2. The molecule has 1 aromatic rings. The molecule has 0 heterocycles. The van der Waals surface area contributed by atoms with Crippen LogP contribution in [0.4, 0.5) is 0 Å². The van der Waals surface area contributed by atoms with Crippen LogP contribution in [-0.2, 0) is 0 Å². The van der Waals surface area contributed by atoms with E-state index in [0.29, 0.717) is 18.6 Å². The highest BCUT2D eigenvalue weighted by Gasteiger charge is 2.30. The van der Waals surface area contributed by atoms with Gasteiger partial charge in [0.1, 0.15) is 0 Å². The van der Waals surface area contributed by atoms with Crippen molar-refractivity contribution >= 4 is 11.6 Å². The molecule has 1 saturated carbocycles. The normalized spacial score (nSPS) is 22.2. The van der Waals surface area contributed by atoms with Crippen molar-refractivity contribution in [3.8, 4) is 0 Å². The molecule has 1 aliphatic carbocycles. The summed E-state index contributed by atoms with van der Waals surface area (Å²) in [5.74, 6) is 0.639. The molecule has 1 fully saturated rings. The molecule has 0 aromatic heterocycles. The minimum atomic E-state index is 0.329. The maximum absolute atomic E-state index is 8.69. The average molecular weight is 282 g/mol. The number of unbranched alkanes of at least 4 members (excludes halogenated alkanes) is 3. The fraction of sp³-hybridized carbons (Fsp3) is 0.625. The van der Waals surface area contributed by atoms with Gasteiger partial charge < -0.3 is 10.4 Å². The number of hydrogen-bond donors (Lipinski definition) is 2. The van der Waals surface area contributed by atoms with E-state index in [2.05, 4.69) is 17.4 Å². The van der Waals surface area contributed by atoms with Crippen molar-refractivity contribution in [2.45, 2.75) is 50.5 Å². The molecule has 2 N–H and O–H groups in total. The van der Waals surface area contributed by atoms with Crippen LogP contribution in [0.25, 0.3) is 0 Å². The molecule has 0 saturated heterocycles. The molecule has 0 aliphatic heterocycles. The maximum atomic E-state index is 8.69. The fourth-order valence-electron chi connectivity index (χ4n) is 2.74. The van der Waals surface area contributed by atoms with Gasteiger partial charge in [-0.2, -0.15) is 0 Å². The van der Waals surface area contributed by atoms with E-state index < -0.39 is 0 Å². The molecule has 3 heteroatoms. The molecule has 106 valence electrons. The SMILES string of the molecule is OCCCCCCNC1CC(c2ccccc2Cl)C1. The van der Waals surface area contributed by atoms with Crippen molar-refractivity contribution in [3.05, 3.63) is 34.9 Å². The summed E-state index contributed by atoms with van der Waals surface area (Å²) in [7, 11) is 0. The molecule has 2 rings (SSSR count). The van der Waals surface area contributed by atoms with Gasteiger partial charge in [0.15, 0.2) is 0 Å². The average Bonchev–Trinajstić information content (AvgIpc) is 2.37. The van der Waals surface area contributed by atoms with Crippen LogP contribution in [0, 0.1) is 0 Å². The van der Waals surface area contributed by atoms with E-state index in [-0.39, 0.29) is 0 Å². The summed E-state index contributed by atoms with van der Waals surface area (Å²) in [5, 5.41) is 13.2. The Balaban J connectivity index is 1.58. The van der Waals surface area contributed by atoms with Gasteiger partial charge in [0.05, 0.1) is 0 Å². The zero-order valence-electron chi connectivity index (χ0n) is 11.4. The lowest BCUT2D eigenvalue weighted by Gasteiger charge is -2.37. The Labute approximate surface area is 121 Å². The van der Waals surface area contributed by atoms with E-state index in [1.54, 1.807) is 0 Å². The summed E-state index contributed by atoms with van der Waals surface area (Å²) in [6.07, 6.45) is 6.94. The van der Waals surface area contributed by atoms with Crippen molar-refractivity contribution in [1.82, 2.24) is 5.32 Å². The molecular formula is C16H24ClNO. The molecule has 0 bridgehead atoms. The van der Waals surface area contributed by atoms with Gasteiger partial charge in [0.25, 0.3) is 0 Å². The lowest BCUT2D eigenvalue weighted by atomic mass is 9.76. The van der Waals surface area contributed by atoms with Crippen LogP contribution in [0.15, 0.2) is 24.3 Å². The topological polar surface area (TPSA) is 32.3 Å². The van der Waals surface area contributed by atoms with E-state index in [0.717, 1.165) is 24.4 Å². The monoisotopic (exact) mass is 281 g/mol. The number of aliphatic hydroxyl groups is 1. The highest BCUT2D eigenvalue weighted by molar-refractivity contribution is 6.31. The molecule has 0 amide bonds. The third-order valence-electron chi connectivity index (χ3n) is 4.00. The summed E-state index contributed by atoms with van der Waals surface area (Å²) in [6.45, 7) is 1.43. The molecule has 0 unspecified atom stereocenters. The van der Waals surface area contributed by atoms with Crippen LogP contribution < -0.4 is 5.32 Å². The van der Waals surface area contributed by atoms with Crippen molar-refractivity contribution in [1.29, 1.82) is 0 Å². The third-order valence-corrected chi connectivity index (χ3v) is 4.35. The first kappa shape index (κ1) is 14.8. The highest BCUT2D eigenvalue weighted by Crippen LogP contribution is 2.39. The molecule has 1 aliphatic rings. The minimum absolute atomic E-state index is 0.329. The number of halogens is 1. The summed E-state index contributed by atoms with van der Waals surface area (Å²) < 4.78 is 0. The molecule has 0 atom stereocenters. The summed E-state index contributed by atoms with van der Waals surface area (Å²) in [5.41, 5.74) is 1.31. The molecule has 19 heavy (non-hydrogen) atoms. The third kappa shape index (κ3) is 4.48. The highest BCUT2D eigenvalue weighted by atomic mass is 35.5. The minimum Gasteiger partial charge on any atom is -0.396 e. The van der Waals surface area contributed by atoms with Crippen LogP contribution in [0.5, 0.6) is 0 Å². The second-order valence-corrected chi connectivity index (χ2v) is 5.89. The van der Waals surface area contributed by atoms with Crippen LogP contribution >= 0.6 is 11.6 Å². The molecule has 1 aromatic carbocycles. The first-order valence-electron chi connectivity index (χ1n) is 7.40. The van der Waals surface area contributed by atoms with E-state index in [1.165, 1.54) is 31.2 Å². The van der Waals surface area contributed by atoms with Crippen molar-refractivity contribution in [2.24, 2.45) is 0 Å². The largest absolute Gasteiger partial charge is 0.396 e. The van der Waals surface area contributed by atoms with Gasteiger partial charge in [0, 0.05) is 17.7 Å². The Kier molecular flexibility index (Phi) is 6.15. The first-order valence-corrected chi connectivity index (χ1v) is 7.77. The Hall–Kier alpha value is -0.570. The van der Waals surface area contributed by atoms with Gasteiger partial charge in [-0.15, -0.1) is 0 Å². The van der Waals surface area contributed by atoms with E-state index >= 15 is 0 Å². The van der Waals surface area contributed by atoms with Gasteiger partial charge >= 0.3 is 0 Å². The quantitative estimate of drug-likeness (QED) is 0.712. The second-order valence-electron chi connectivity index (χ2n) is 5.48. The van der Waals surface area contributed by atoms with Crippen molar-refractivity contribution < 1.29 is 5.11 Å². The molecule has 0 spiro atoms. The smallest absolute Gasteiger partial charge is 0.0440 e. The Bertz CT molecular complexity index is 377. The lowest BCUT2D eigenvalue weighted by Crippen LogP contribution is -2.40. The van der Waals surface area contributed by atoms with Crippen molar-refractivity contribution in [2.75, 3.05) is 13.2 Å². The zero-order valence-corrected chi connectivity index (χ0v) is 12.2. The predicted molar refractivity (Wildman–Crippen MR) is 80.8 cm³/mol. The van der Waals surface area contributed by atoms with Crippen LogP contribution in [0.2, 0.25) is 5.02 Å². The summed E-state index contributed by atoms with van der Waals surface area (Å²) in [4.78, 5) is 0. The van der Waals surface area contributed by atoms with Gasteiger partial charge in [-0.05, 0) is 49.8 Å². The second kappa shape index (κ2) is 7.88. The predicted octanol–water partition coefficient (Wildman–Crippen LogP) is 3.73. The fourth-order valence-corrected chi connectivity index (χ4v) is 3.03. The van der Waals surface area contributed by atoms with Gasteiger partial charge in [-0.3, -0.25) is 0 Å². The summed E-state index contributed by atoms with van der Waals surface area (Å²) in [6, 6.07) is 8.87. The maximum Gasteiger partial charge on any atom is 0.0440 e. The van der Waals surface area contributed by atoms with Gasteiger partial charge in [-0.1, -0.05) is 42.6 Å². The van der Waals surface area contributed by atoms with Crippen LogP contribution in [0.3, 0.4) is 0 Å². The molecule has 0 radical (unpaired) electrons. The lowest BCUT2D eigenvalue weighted by molar-refractivity contribution is 0.277. The van der Waals surface area contributed by atoms with Gasteiger partial charge in [0.2, 0.25) is 0 Å². The number of aliphatic hydroxyl groups excluding tert-OH is 1. The number of rotatable bonds is 8. The Morgan fingerprint density at radius 3 is 2.58 bits per heavy atom. The van der Waals surface area contributed by atoms with E-state index in [4.69, 9.17) is 16.7 Å². The van der Waals surface area contributed by atoms with Crippen LogP contribution in [-0.4, -0.2) is 24.3 Å². The van der Waals surface area contributed by atoms with Gasteiger partial charge in [-0.25, -0.2) is 0 Å². The number of benzene rings is 1. The molecular weight excluding hydrogens is 258 g/mol.